The van der Waals surface area contributed by atoms with Crippen molar-refractivity contribution < 1.29 is 9.90 Å². The fourth-order valence-electron chi connectivity index (χ4n) is 3.52. The van der Waals surface area contributed by atoms with Gasteiger partial charge in [0.25, 0.3) is 0 Å². The minimum Gasteiger partial charge on any atom is -0.478 e. The van der Waals surface area contributed by atoms with Gasteiger partial charge in [0.05, 0.1) is 5.57 Å². The number of hydrogen-bond acceptors (Lipinski definition) is 2. The predicted octanol–water partition coefficient (Wildman–Crippen LogP) is 3.36. The number of likely N-dealkylation sites (tertiary alicyclic amines) is 1. The first kappa shape index (κ1) is 15.0. The van der Waals surface area contributed by atoms with E-state index in [-0.39, 0.29) is 0 Å². The zero-order valence-electron chi connectivity index (χ0n) is 13.0. The number of allylic oxidation sites excluding steroid dienone is 2. The maximum absolute atomic E-state index is 11.6. The zero-order valence-corrected chi connectivity index (χ0v) is 13.0. The zero-order chi connectivity index (χ0) is 15.5. The number of hydrogen-bond donors (Lipinski definition) is 1. The lowest BCUT2D eigenvalue weighted by Crippen LogP contribution is -2.26. The number of carboxylic acid groups (broad SMARTS) is 1. The SMILES string of the molecule is Cc1ccc(/C=C(/CN2CC3CC=CCC3C2)C(=O)O)cc1. The summed E-state index contributed by atoms with van der Waals surface area (Å²) in [4.78, 5) is 13.9. The third-order valence-electron chi connectivity index (χ3n) is 4.78. The molecule has 0 spiro atoms. The van der Waals surface area contributed by atoms with Gasteiger partial charge in [0.1, 0.15) is 0 Å². The lowest BCUT2D eigenvalue weighted by atomic mass is 9.86. The molecule has 0 aromatic heterocycles. The molecule has 22 heavy (non-hydrogen) atoms. The fourth-order valence-corrected chi connectivity index (χ4v) is 3.52. The molecule has 2 atom stereocenters. The molecule has 0 amide bonds. The molecule has 2 unspecified atom stereocenters. The Hall–Kier alpha value is -1.87. The van der Waals surface area contributed by atoms with Crippen LogP contribution in [0.1, 0.15) is 24.0 Å². The Morgan fingerprint density at radius 3 is 2.32 bits per heavy atom. The maximum Gasteiger partial charge on any atom is 0.332 e. The number of carboxylic acids is 1. The predicted molar refractivity (Wildman–Crippen MR) is 88.6 cm³/mol. The highest BCUT2D eigenvalue weighted by atomic mass is 16.4. The van der Waals surface area contributed by atoms with Gasteiger partial charge in [-0.05, 0) is 43.2 Å². The van der Waals surface area contributed by atoms with Gasteiger partial charge in [-0.2, -0.15) is 0 Å². The number of aryl methyl sites for hydroxylation is 1. The van der Waals surface area contributed by atoms with Crippen LogP contribution in [0.15, 0.2) is 42.0 Å². The molecule has 3 nitrogen and oxygen atoms in total. The molecule has 1 aromatic rings. The summed E-state index contributed by atoms with van der Waals surface area (Å²) in [7, 11) is 0. The molecule has 0 bridgehead atoms. The number of nitrogens with zero attached hydrogens (tertiary/aromatic N) is 1. The van der Waals surface area contributed by atoms with Crippen LogP contribution in [0.5, 0.6) is 0 Å². The van der Waals surface area contributed by atoms with Crippen molar-refractivity contribution in [3.63, 3.8) is 0 Å². The maximum atomic E-state index is 11.6. The van der Waals surface area contributed by atoms with Crippen LogP contribution in [0.2, 0.25) is 0 Å². The Morgan fingerprint density at radius 2 is 1.77 bits per heavy atom. The van der Waals surface area contributed by atoms with E-state index in [1.54, 1.807) is 0 Å². The van der Waals surface area contributed by atoms with E-state index in [0.29, 0.717) is 24.0 Å². The lowest BCUT2D eigenvalue weighted by Gasteiger charge is -2.18. The van der Waals surface area contributed by atoms with Gasteiger partial charge in [0, 0.05) is 19.6 Å². The van der Waals surface area contributed by atoms with E-state index in [1.807, 2.05) is 37.3 Å². The standard InChI is InChI=1S/C19H23NO2/c1-14-6-8-15(9-7-14)10-18(19(21)22)13-20-11-16-4-2-3-5-17(16)12-20/h2-3,6-10,16-17H,4-5,11-13H2,1H3,(H,21,22)/b18-10-. The largest absolute Gasteiger partial charge is 0.478 e. The summed E-state index contributed by atoms with van der Waals surface area (Å²) in [6.07, 6.45) is 8.63. The van der Waals surface area contributed by atoms with E-state index < -0.39 is 5.97 Å². The van der Waals surface area contributed by atoms with Gasteiger partial charge in [0.15, 0.2) is 0 Å². The number of carbonyl (C=O) groups is 1. The van der Waals surface area contributed by atoms with Crippen molar-refractivity contribution in [1.82, 2.24) is 4.90 Å². The van der Waals surface area contributed by atoms with Crippen molar-refractivity contribution in [2.24, 2.45) is 11.8 Å². The normalized spacial score (nSPS) is 25.2. The second kappa shape index (κ2) is 6.49. The molecule has 1 aliphatic heterocycles. The van der Waals surface area contributed by atoms with Crippen molar-refractivity contribution >= 4 is 12.0 Å². The second-order valence-electron chi connectivity index (χ2n) is 6.54. The van der Waals surface area contributed by atoms with Gasteiger partial charge in [-0.15, -0.1) is 0 Å². The van der Waals surface area contributed by atoms with Gasteiger partial charge in [-0.3, -0.25) is 4.90 Å². The summed E-state index contributed by atoms with van der Waals surface area (Å²) in [5.41, 5.74) is 2.63. The van der Waals surface area contributed by atoms with Gasteiger partial charge in [0.2, 0.25) is 0 Å². The number of benzene rings is 1. The van der Waals surface area contributed by atoms with E-state index in [4.69, 9.17) is 0 Å². The van der Waals surface area contributed by atoms with Gasteiger partial charge in [-0.1, -0.05) is 42.0 Å². The molecular weight excluding hydrogens is 274 g/mol. The summed E-state index contributed by atoms with van der Waals surface area (Å²) in [6.45, 7) is 4.61. The van der Waals surface area contributed by atoms with Crippen LogP contribution in [0.25, 0.3) is 6.08 Å². The van der Waals surface area contributed by atoms with Crippen LogP contribution in [0, 0.1) is 18.8 Å². The summed E-state index contributed by atoms with van der Waals surface area (Å²) in [5.74, 6) is 0.604. The van der Waals surface area contributed by atoms with Crippen molar-refractivity contribution in [2.75, 3.05) is 19.6 Å². The van der Waals surface area contributed by atoms with Crippen LogP contribution in [0.3, 0.4) is 0 Å². The third-order valence-corrected chi connectivity index (χ3v) is 4.78. The molecule has 0 radical (unpaired) electrons. The van der Waals surface area contributed by atoms with Crippen LogP contribution in [-0.2, 0) is 4.79 Å². The highest BCUT2D eigenvalue weighted by molar-refractivity contribution is 5.92. The smallest absolute Gasteiger partial charge is 0.332 e. The molecule has 1 fully saturated rings. The Labute approximate surface area is 132 Å². The molecule has 1 heterocycles. The van der Waals surface area contributed by atoms with Crippen LogP contribution in [0.4, 0.5) is 0 Å². The van der Waals surface area contributed by atoms with Crippen LogP contribution >= 0.6 is 0 Å². The van der Waals surface area contributed by atoms with E-state index in [0.717, 1.165) is 31.5 Å². The first-order valence-electron chi connectivity index (χ1n) is 7.99. The Morgan fingerprint density at radius 1 is 1.18 bits per heavy atom. The molecule has 116 valence electrons. The summed E-state index contributed by atoms with van der Waals surface area (Å²) < 4.78 is 0. The van der Waals surface area contributed by atoms with Crippen molar-refractivity contribution in [1.29, 1.82) is 0 Å². The van der Waals surface area contributed by atoms with Crippen molar-refractivity contribution in [3.05, 3.63) is 53.1 Å². The first-order valence-corrected chi connectivity index (χ1v) is 7.99. The minimum atomic E-state index is -0.812. The lowest BCUT2D eigenvalue weighted by molar-refractivity contribution is -0.132. The van der Waals surface area contributed by atoms with Crippen LogP contribution < -0.4 is 0 Å². The molecular formula is C19H23NO2. The molecule has 1 N–H and O–H groups in total. The third kappa shape index (κ3) is 3.47. The first-order chi connectivity index (χ1) is 10.6. The number of rotatable bonds is 4. The number of fused-ring (bicyclic) bond motifs is 1. The number of aliphatic carboxylic acids is 1. The van der Waals surface area contributed by atoms with Crippen molar-refractivity contribution in [3.8, 4) is 0 Å². The molecule has 1 aromatic carbocycles. The fraction of sp³-hybridized carbons (Fsp3) is 0.421. The quantitative estimate of drug-likeness (QED) is 0.684. The monoisotopic (exact) mass is 297 g/mol. The van der Waals surface area contributed by atoms with Crippen LogP contribution in [-0.4, -0.2) is 35.6 Å². The second-order valence-corrected chi connectivity index (χ2v) is 6.54. The summed E-state index contributed by atoms with van der Waals surface area (Å²) in [5, 5.41) is 9.50. The van der Waals surface area contributed by atoms with Gasteiger partial charge in [-0.25, -0.2) is 4.79 Å². The minimum absolute atomic E-state index is 0.482. The molecule has 1 saturated heterocycles. The Bertz CT molecular complexity index is 584. The molecule has 2 aliphatic rings. The molecule has 3 heteroatoms. The Balaban J connectivity index is 1.70. The van der Waals surface area contributed by atoms with Gasteiger partial charge < -0.3 is 5.11 Å². The van der Waals surface area contributed by atoms with Gasteiger partial charge >= 0.3 is 5.97 Å². The van der Waals surface area contributed by atoms with E-state index in [9.17, 15) is 9.90 Å². The van der Waals surface area contributed by atoms with E-state index in [1.165, 1.54) is 5.56 Å². The molecule has 0 saturated carbocycles. The average molecular weight is 297 g/mol. The summed E-state index contributed by atoms with van der Waals surface area (Å²) in [6, 6.07) is 7.99. The highest BCUT2D eigenvalue weighted by Crippen LogP contribution is 2.33. The highest BCUT2D eigenvalue weighted by Gasteiger charge is 2.33. The molecule has 3 rings (SSSR count). The average Bonchev–Trinajstić information content (AvgIpc) is 2.91. The van der Waals surface area contributed by atoms with E-state index in [2.05, 4.69) is 17.1 Å². The Kier molecular flexibility index (Phi) is 4.44. The van der Waals surface area contributed by atoms with E-state index >= 15 is 0 Å². The van der Waals surface area contributed by atoms with Crippen molar-refractivity contribution in [2.45, 2.75) is 19.8 Å². The summed E-state index contributed by atoms with van der Waals surface area (Å²) >= 11 is 0. The topological polar surface area (TPSA) is 40.5 Å². The molecule has 1 aliphatic carbocycles.